The second kappa shape index (κ2) is 6.01. The van der Waals surface area contributed by atoms with Gasteiger partial charge in [-0.1, -0.05) is 60.3 Å². The van der Waals surface area contributed by atoms with Crippen molar-refractivity contribution >= 4 is 17.9 Å². The molecular formula is C16H15NO2S. The van der Waals surface area contributed by atoms with Crippen molar-refractivity contribution in [3.8, 4) is 0 Å². The highest BCUT2D eigenvalue weighted by Gasteiger charge is 2.31. The van der Waals surface area contributed by atoms with E-state index in [9.17, 15) is 4.79 Å². The maximum atomic E-state index is 11.9. The van der Waals surface area contributed by atoms with Crippen molar-refractivity contribution in [2.24, 2.45) is 0 Å². The Morgan fingerprint density at radius 2 is 1.70 bits per heavy atom. The zero-order valence-electron chi connectivity index (χ0n) is 10.9. The van der Waals surface area contributed by atoms with Crippen LogP contribution in [0.2, 0.25) is 0 Å². The van der Waals surface area contributed by atoms with Gasteiger partial charge in [-0.05, 0) is 17.7 Å². The van der Waals surface area contributed by atoms with Gasteiger partial charge >= 0.3 is 6.09 Å². The van der Waals surface area contributed by atoms with Crippen LogP contribution >= 0.6 is 11.8 Å². The third-order valence-corrected chi connectivity index (χ3v) is 4.14. The van der Waals surface area contributed by atoms with Crippen LogP contribution in [0.25, 0.3) is 0 Å². The van der Waals surface area contributed by atoms with Crippen molar-refractivity contribution in [3.63, 3.8) is 0 Å². The quantitative estimate of drug-likeness (QED) is 0.856. The van der Waals surface area contributed by atoms with Gasteiger partial charge in [-0.3, -0.25) is 4.90 Å². The topological polar surface area (TPSA) is 29.5 Å². The van der Waals surface area contributed by atoms with E-state index in [4.69, 9.17) is 4.74 Å². The Bertz CT molecular complexity index is 574. The van der Waals surface area contributed by atoms with Crippen LogP contribution in [-0.2, 0) is 11.3 Å². The summed E-state index contributed by atoms with van der Waals surface area (Å²) in [4.78, 5) is 14.7. The number of amides is 1. The van der Waals surface area contributed by atoms with E-state index in [2.05, 4.69) is 0 Å². The Morgan fingerprint density at radius 1 is 1.05 bits per heavy atom. The molecule has 1 fully saturated rings. The largest absolute Gasteiger partial charge is 0.433 e. The van der Waals surface area contributed by atoms with Gasteiger partial charge in [-0.15, -0.1) is 0 Å². The number of ether oxygens (including phenoxy) is 1. The average Bonchev–Trinajstić information content (AvgIpc) is 2.81. The zero-order chi connectivity index (χ0) is 13.8. The number of cyclic esters (lactones) is 1. The molecule has 0 bridgehead atoms. The normalized spacial score (nSPS) is 18.1. The van der Waals surface area contributed by atoms with Crippen molar-refractivity contribution in [2.45, 2.75) is 16.9 Å². The first kappa shape index (κ1) is 13.1. The fraction of sp³-hybridized carbons (Fsp3) is 0.188. The molecule has 102 valence electrons. The van der Waals surface area contributed by atoms with Crippen molar-refractivity contribution in [1.82, 2.24) is 4.90 Å². The lowest BCUT2D eigenvalue weighted by atomic mass is 10.2. The van der Waals surface area contributed by atoms with Gasteiger partial charge in [0.15, 0.2) is 5.44 Å². The Hall–Kier alpha value is -1.94. The van der Waals surface area contributed by atoms with Crippen molar-refractivity contribution in [1.29, 1.82) is 0 Å². The molecule has 0 aliphatic carbocycles. The fourth-order valence-electron chi connectivity index (χ4n) is 2.12. The molecule has 0 saturated carbocycles. The molecule has 1 aliphatic heterocycles. The van der Waals surface area contributed by atoms with Gasteiger partial charge in [0.1, 0.15) is 0 Å². The van der Waals surface area contributed by atoms with E-state index in [1.54, 1.807) is 16.7 Å². The van der Waals surface area contributed by atoms with Gasteiger partial charge < -0.3 is 4.74 Å². The predicted octanol–water partition coefficient (Wildman–Crippen LogP) is 3.76. The summed E-state index contributed by atoms with van der Waals surface area (Å²) in [7, 11) is 0. The summed E-state index contributed by atoms with van der Waals surface area (Å²) in [5, 5.41) is 0. The fourth-order valence-corrected chi connectivity index (χ4v) is 3.13. The second-order valence-corrected chi connectivity index (χ2v) is 5.84. The molecule has 3 rings (SSSR count). The van der Waals surface area contributed by atoms with Crippen molar-refractivity contribution < 1.29 is 9.53 Å². The molecule has 2 aromatic rings. The Kier molecular flexibility index (Phi) is 3.92. The van der Waals surface area contributed by atoms with Gasteiger partial charge in [-0.25, -0.2) is 4.79 Å². The van der Waals surface area contributed by atoms with E-state index in [0.29, 0.717) is 13.1 Å². The maximum absolute atomic E-state index is 11.9. The lowest BCUT2D eigenvalue weighted by Crippen LogP contribution is -2.24. The summed E-state index contributed by atoms with van der Waals surface area (Å²) in [5.41, 5.74) is 0.989. The molecule has 1 saturated heterocycles. The van der Waals surface area contributed by atoms with Crippen LogP contribution in [0.1, 0.15) is 5.56 Å². The summed E-state index contributed by atoms with van der Waals surface area (Å²) >= 11 is 1.58. The molecule has 2 aromatic carbocycles. The number of carbonyl (C=O) groups is 1. The molecule has 1 amide bonds. The van der Waals surface area contributed by atoms with Crippen LogP contribution in [0.3, 0.4) is 0 Å². The molecule has 1 unspecified atom stereocenters. The molecule has 0 N–H and O–H groups in total. The standard InChI is InChI=1S/C16H15NO2S/c18-16-17(11-13-7-3-1-4-8-13)12-15(19-16)20-14-9-5-2-6-10-14/h1-10,15H,11-12H2. The lowest BCUT2D eigenvalue weighted by Gasteiger charge is -2.12. The van der Waals surface area contributed by atoms with Crippen LogP contribution in [0.4, 0.5) is 4.79 Å². The minimum Gasteiger partial charge on any atom is -0.433 e. The molecule has 1 heterocycles. The monoisotopic (exact) mass is 285 g/mol. The van der Waals surface area contributed by atoms with Gasteiger partial charge in [-0.2, -0.15) is 0 Å². The Morgan fingerprint density at radius 3 is 2.40 bits per heavy atom. The van der Waals surface area contributed by atoms with Gasteiger partial charge in [0.2, 0.25) is 0 Å². The van der Waals surface area contributed by atoms with E-state index in [0.717, 1.165) is 10.5 Å². The SMILES string of the molecule is O=C1OC(Sc2ccccc2)CN1Cc1ccccc1. The molecule has 3 nitrogen and oxygen atoms in total. The van der Waals surface area contributed by atoms with Gasteiger partial charge in [0, 0.05) is 11.4 Å². The highest BCUT2D eigenvalue weighted by molar-refractivity contribution is 7.99. The number of thioether (sulfide) groups is 1. The van der Waals surface area contributed by atoms with Crippen molar-refractivity contribution in [3.05, 3.63) is 66.2 Å². The predicted molar refractivity (Wildman–Crippen MR) is 79.4 cm³/mol. The summed E-state index contributed by atoms with van der Waals surface area (Å²) in [6.45, 7) is 1.22. The molecular weight excluding hydrogens is 270 g/mol. The third kappa shape index (κ3) is 3.14. The molecule has 1 aliphatic rings. The minimum absolute atomic E-state index is 0.131. The summed E-state index contributed by atoms with van der Waals surface area (Å²) < 4.78 is 5.40. The molecule has 0 spiro atoms. The molecule has 0 aromatic heterocycles. The maximum Gasteiger partial charge on any atom is 0.411 e. The van der Waals surface area contributed by atoms with Crippen LogP contribution in [0, 0.1) is 0 Å². The Labute approximate surface area is 122 Å². The summed E-state index contributed by atoms with van der Waals surface area (Å²) in [6.07, 6.45) is -0.234. The van der Waals surface area contributed by atoms with Gasteiger partial charge in [0.25, 0.3) is 0 Å². The third-order valence-electron chi connectivity index (χ3n) is 3.09. The number of nitrogens with zero attached hydrogens (tertiary/aromatic N) is 1. The van der Waals surface area contributed by atoms with E-state index in [-0.39, 0.29) is 11.5 Å². The Balaban J connectivity index is 1.61. The number of hydrogen-bond donors (Lipinski definition) is 0. The first-order valence-electron chi connectivity index (χ1n) is 6.52. The van der Waals surface area contributed by atoms with E-state index in [1.165, 1.54) is 0 Å². The van der Waals surface area contributed by atoms with E-state index >= 15 is 0 Å². The first-order chi connectivity index (χ1) is 9.81. The van der Waals surface area contributed by atoms with Gasteiger partial charge in [0.05, 0.1) is 6.54 Å². The van der Waals surface area contributed by atoms with Crippen LogP contribution in [0.5, 0.6) is 0 Å². The summed E-state index contributed by atoms with van der Waals surface area (Å²) in [6, 6.07) is 20.0. The average molecular weight is 285 g/mol. The number of benzene rings is 2. The number of hydrogen-bond acceptors (Lipinski definition) is 3. The van der Waals surface area contributed by atoms with Crippen molar-refractivity contribution in [2.75, 3.05) is 6.54 Å². The number of carbonyl (C=O) groups excluding carboxylic acids is 1. The van der Waals surface area contributed by atoms with Crippen LogP contribution in [0.15, 0.2) is 65.6 Å². The zero-order valence-corrected chi connectivity index (χ0v) is 11.8. The first-order valence-corrected chi connectivity index (χ1v) is 7.40. The smallest absolute Gasteiger partial charge is 0.411 e. The molecule has 0 radical (unpaired) electrons. The molecule has 1 atom stereocenters. The molecule has 20 heavy (non-hydrogen) atoms. The van der Waals surface area contributed by atoms with Crippen LogP contribution < -0.4 is 0 Å². The highest BCUT2D eigenvalue weighted by Crippen LogP contribution is 2.29. The molecule has 4 heteroatoms. The van der Waals surface area contributed by atoms with Crippen LogP contribution in [-0.4, -0.2) is 23.0 Å². The number of rotatable bonds is 4. The highest BCUT2D eigenvalue weighted by atomic mass is 32.2. The minimum atomic E-state index is -0.234. The summed E-state index contributed by atoms with van der Waals surface area (Å²) in [5.74, 6) is 0. The van der Waals surface area contributed by atoms with E-state index < -0.39 is 0 Å². The van der Waals surface area contributed by atoms with E-state index in [1.807, 2.05) is 60.7 Å². The second-order valence-electron chi connectivity index (χ2n) is 4.61. The lowest BCUT2D eigenvalue weighted by molar-refractivity contribution is 0.152.